The van der Waals surface area contributed by atoms with Crippen LogP contribution in [0.15, 0.2) is 35.7 Å². The van der Waals surface area contributed by atoms with Crippen molar-refractivity contribution in [1.82, 2.24) is 24.4 Å². The molecule has 100 valence electrons. The van der Waals surface area contributed by atoms with E-state index in [2.05, 4.69) is 20.6 Å². The van der Waals surface area contributed by atoms with Gasteiger partial charge in [0.15, 0.2) is 5.82 Å². The Balaban J connectivity index is 1.73. The Hall–Kier alpha value is -2.35. The lowest BCUT2D eigenvalue weighted by molar-refractivity contribution is -0.115. The molecule has 1 aromatic carbocycles. The Bertz CT molecular complexity index is 807. The average Bonchev–Trinajstić information content (AvgIpc) is 3.05. The van der Waals surface area contributed by atoms with Crippen LogP contribution in [0.1, 0.15) is 5.82 Å². The maximum atomic E-state index is 11.5. The lowest BCUT2D eigenvalue weighted by atomic mass is 10.3. The number of hydrogen-bond donors (Lipinski definition) is 1. The third-order valence-corrected chi connectivity index (χ3v) is 4.04. The van der Waals surface area contributed by atoms with Crippen LogP contribution in [0, 0.1) is 0 Å². The maximum absolute atomic E-state index is 11.5. The molecule has 0 fully saturated rings. The van der Waals surface area contributed by atoms with Crippen molar-refractivity contribution in [3.63, 3.8) is 0 Å². The quantitative estimate of drug-likeness (QED) is 0.755. The normalized spacial score (nSPS) is 14.3. The summed E-state index contributed by atoms with van der Waals surface area (Å²) >= 11 is 1.39. The van der Waals surface area contributed by atoms with Gasteiger partial charge in [-0.15, -0.1) is 10.2 Å². The highest BCUT2D eigenvalue weighted by Crippen LogP contribution is 2.20. The van der Waals surface area contributed by atoms with E-state index >= 15 is 0 Å². The Morgan fingerprint density at radius 3 is 3.15 bits per heavy atom. The molecule has 0 radical (unpaired) electrons. The van der Waals surface area contributed by atoms with Gasteiger partial charge in [0.2, 0.25) is 11.1 Å². The number of nitrogens with zero attached hydrogens (tertiary/aromatic N) is 5. The molecule has 4 rings (SSSR count). The van der Waals surface area contributed by atoms with Gasteiger partial charge < -0.3 is 4.57 Å². The number of rotatable bonds is 2. The van der Waals surface area contributed by atoms with E-state index in [0.717, 1.165) is 11.0 Å². The first kappa shape index (κ1) is 11.5. The van der Waals surface area contributed by atoms with E-state index in [-0.39, 0.29) is 5.91 Å². The highest BCUT2D eigenvalue weighted by molar-refractivity contribution is 7.99. The molecule has 1 aliphatic heterocycles. The van der Waals surface area contributed by atoms with E-state index in [1.807, 2.05) is 28.8 Å². The molecule has 1 aliphatic rings. The van der Waals surface area contributed by atoms with Gasteiger partial charge in [-0.1, -0.05) is 23.9 Å². The summed E-state index contributed by atoms with van der Waals surface area (Å²) in [5.74, 6) is 1.02. The number of imidazole rings is 1. The third-order valence-electron chi connectivity index (χ3n) is 3.11. The zero-order chi connectivity index (χ0) is 13.5. The first-order valence-corrected chi connectivity index (χ1v) is 7.06. The molecule has 2 aromatic heterocycles. The third kappa shape index (κ3) is 1.76. The Morgan fingerprint density at radius 1 is 1.30 bits per heavy atom. The van der Waals surface area contributed by atoms with Crippen molar-refractivity contribution in [2.75, 3.05) is 11.2 Å². The highest BCUT2D eigenvalue weighted by Gasteiger charge is 2.21. The van der Waals surface area contributed by atoms with Gasteiger partial charge in [0, 0.05) is 0 Å². The summed E-state index contributed by atoms with van der Waals surface area (Å²) in [5.41, 5.74) is 4.73. The van der Waals surface area contributed by atoms with Crippen molar-refractivity contribution >= 4 is 28.7 Å². The smallest absolute Gasteiger partial charge is 0.249 e. The number of carbonyl (C=O) groups is 1. The molecule has 0 saturated heterocycles. The van der Waals surface area contributed by atoms with Crippen molar-refractivity contribution in [3.8, 4) is 0 Å². The zero-order valence-electron chi connectivity index (χ0n) is 10.4. The van der Waals surface area contributed by atoms with Crippen molar-refractivity contribution in [2.45, 2.75) is 11.7 Å². The molecule has 20 heavy (non-hydrogen) atoms. The number of carbonyl (C=O) groups excluding carboxylic acids is 1. The zero-order valence-corrected chi connectivity index (χ0v) is 11.2. The number of nitrogens with one attached hydrogen (secondary N) is 1. The summed E-state index contributed by atoms with van der Waals surface area (Å²) in [6.07, 6.45) is 1.77. The number of thioether (sulfide) groups is 1. The minimum atomic E-state index is -0.0426. The fourth-order valence-electron chi connectivity index (χ4n) is 2.18. The average molecular weight is 286 g/mol. The summed E-state index contributed by atoms with van der Waals surface area (Å²) < 4.78 is 3.63. The van der Waals surface area contributed by atoms with Crippen LogP contribution in [0.5, 0.6) is 0 Å². The molecule has 1 N–H and O–H groups in total. The summed E-state index contributed by atoms with van der Waals surface area (Å²) in [6, 6.07) is 7.89. The molecule has 7 nitrogen and oxygen atoms in total. The van der Waals surface area contributed by atoms with Crippen LogP contribution in [0.3, 0.4) is 0 Å². The van der Waals surface area contributed by atoms with Gasteiger partial charge in [0.05, 0.1) is 29.7 Å². The first-order chi connectivity index (χ1) is 9.81. The van der Waals surface area contributed by atoms with Gasteiger partial charge in [-0.25, -0.2) is 9.66 Å². The van der Waals surface area contributed by atoms with Gasteiger partial charge in [-0.2, -0.15) is 0 Å². The number of para-hydroxylation sites is 2. The standard InChI is InChI=1S/C12H10N6OS/c19-11-6-20-12-15-14-10(18(12)16-11)5-17-7-13-8-3-1-2-4-9(8)17/h1-4,7H,5-6H2,(H,16,19). The van der Waals surface area contributed by atoms with Crippen LogP contribution in [0.2, 0.25) is 0 Å². The molecule has 3 heterocycles. The fraction of sp³-hybridized carbons (Fsp3) is 0.167. The van der Waals surface area contributed by atoms with E-state index in [9.17, 15) is 4.79 Å². The molecular formula is C12H10N6OS. The second-order valence-corrected chi connectivity index (χ2v) is 5.36. The van der Waals surface area contributed by atoms with Crippen LogP contribution in [0.4, 0.5) is 0 Å². The number of benzene rings is 1. The van der Waals surface area contributed by atoms with Crippen molar-refractivity contribution in [3.05, 3.63) is 36.4 Å². The van der Waals surface area contributed by atoms with E-state index in [4.69, 9.17) is 0 Å². The van der Waals surface area contributed by atoms with E-state index < -0.39 is 0 Å². The molecule has 0 unspecified atom stereocenters. The van der Waals surface area contributed by atoms with E-state index in [1.54, 1.807) is 11.0 Å². The Morgan fingerprint density at radius 2 is 2.20 bits per heavy atom. The predicted molar refractivity (Wildman–Crippen MR) is 73.9 cm³/mol. The first-order valence-electron chi connectivity index (χ1n) is 6.08. The summed E-state index contributed by atoms with van der Waals surface area (Å²) in [4.78, 5) is 15.8. The molecule has 8 heteroatoms. The molecular weight excluding hydrogens is 276 g/mol. The summed E-state index contributed by atoms with van der Waals surface area (Å²) in [7, 11) is 0. The van der Waals surface area contributed by atoms with Gasteiger partial charge in [-0.3, -0.25) is 10.2 Å². The molecule has 1 amide bonds. The van der Waals surface area contributed by atoms with Crippen LogP contribution < -0.4 is 5.43 Å². The molecule has 3 aromatic rings. The van der Waals surface area contributed by atoms with E-state index in [0.29, 0.717) is 23.3 Å². The number of aromatic nitrogens is 5. The molecule has 0 atom stereocenters. The van der Waals surface area contributed by atoms with Gasteiger partial charge in [0.1, 0.15) is 0 Å². The number of hydrogen-bond acceptors (Lipinski definition) is 5. The Labute approximate surface area is 118 Å². The minimum Gasteiger partial charge on any atom is -0.323 e. The molecule has 0 spiro atoms. The monoisotopic (exact) mass is 286 g/mol. The van der Waals surface area contributed by atoms with E-state index in [1.165, 1.54) is 11.8 Å². The van der Waals surface area contributed by atoms with Gasteiger partial charge in [-0.05, 0) is 12.1 Å². The second kappa shape index (κ2) is 4.34. The largest absolute Gasteiger partial charge is 0.323 e. The minimum absolute atomic E-state index is 0.0426. The van der Waals surface area contributed by atoms with Crippen molar-refractivity contribution in [2.24, 2.45) is 0 Å². The van der Waals surface area contributed by atoms with Crippen LogP contribution in [-0.2, 0) is 11.3 Å². The fourth-order valence-corrected chi connectivity index (χ4v) is 2.89. The number of fused-ring (bicyclic) bond motifs is 2. The highest BCUT2D eigenvalue weighted by atomic mass is 32.2. The molecule has 0 bridgehead atoms. The van der Waals surface area contributed by atoms with Crippen molar-refractivity contribution < 1.29 is 4.79 Å². The van der Waals surface area contributed by atoms with Crippen LogP contribution >= 0.6 is 11.8 Å². The predicted octanol–water partition coefficient (Wildman–Crippen LogP) is 0.852. The lowest BCUT2D eigenvalue weighted by Gasteiger charge is -2.15. The molecule has 0 aliphatic carbocycles. The second-order valence-electron chi connectivity index (χ2n) is 4.42. The van der Waals surface area contributed by atoms with Crippen LogP contribution in [0.25, 0.3) is 11.0 Å². The molecule has 0 saturated carbocycles. The Kier molecular flexibility index (Phi) is 2.49. The van der Waals surface area contributed by atoms with Gasteiger partial charge >= 0.3 is 0 Å². The maximum Gasteiger partial charge on any atom is 0.249 e. The SMILES string of the molecule is O=C1CSc2nnc(Cn3cnc4ccccc43)n2N1. The number of amides is 1. The lowest BCUT2D eigenvalue weighted by Crippen LogP contribution is -2.31. The van der Waals surface area contributed by atoms with Crippen LogP contribution in [-0.4, -0.2) is 36.1 Å². The van der Waals surface area contributed by atoms with Crippen molar-refractivity contribution in [1.29, 1.82) is 0 Å². The van der Waals surface area contributed by atoms with Gasteiger partial charge in [0.25, 0.3) is 0 Å². The summed E-state index contributed by atoms with van der Waals surface area (Å²) in [6.45, 7) is 0.508. The topological polar surface area (TPSA) is 77.6 Å². The summed E-state index contributed by atoms with van der Waals surface area (Å²) in [5, 5.41) is 8.93.